The third-order valence-electron chi connectivity index (χ3n) is 8.48. The molecule has 3 atom stereocenters. The second-order valence-electron chi connectivity index (χ2n) is 11.7. The Morgan fingerprint density at radius 3 is 1.64 bits per heavy atom. The number of hydrogen-bond acceptors (Lipinski definition) is 16. The number of aromatic nitrogens is 4. The maximum absolute atomic E-state index is 6.23. The summed E-state index contributed by atoms with van der Waals surface area (Å²) in [5.41, 5.74) is 15.0. The third kappa shape index (κ3) is 4.99. The predicted molar refractivity (Wildman–Crippen MR) is 220 cm³/mol. The highest BCUT2D eigenvalue weighted by Crippen LogP contribution is 2.50. The minimum Gasteiger partial charge on any atom is -0.381 e. The molecule has 0 fully saturated rings. The standard InChI is InChI=1S/C28H22N8S8.C3H8/c1-4-5(2)30-10-8(4)23(39)12-13(24(10)40)34-17-16(33-12)27(43)20-21(28(17)44)35-18-19(36-20)26(42)15-14(25(18)41)31-9-7(37)3-6(29)22(38)11(9)32-15;1-3-2/h3-6,30,32,37-44H,29H2,1-2H3;3H2,1-2H3. The lowest BCUT2D eigenvalue weighted by molar-refractivity contribution is 0.683. The number of thiol groups is 8. The zero-order valence-corrected chi connectivity index (χ0v) is 32.6. The summed E-state index contributed by atoms with van der Waals surface area (Å²) >= 11 is 38.6. The number of benzene rings is 3. The highest BCUT2D eigenvalue weighted by Gasteiger charge is 2.33. The van der Waals surface area contributed by atoms with Crippen LogP contribution >= 0.6 is 101 Å². The molecule has 3 aliphatic rings. The fraction of sp³-hybridized carbons (Fsp3) is 0.258. The number of hydrogen-bond donors (Lipinski definition) is 11. The van der Waals surface area contributed by atoms with Crippen LogP contribution in [0.1, 0.15) is 45.6 Å². The first kappa shape index (κ1) is 33.8. The molecule has 3 aromatic carbocycles. The molecule has 242 valence electrons. The minimum atomic E-state index is -0.414. The molecule has 4 heterocycles. The zero-order valence-electron chi connectivity index (χ0n) is 25.4. The lowest BCUT2D eigenvalue weighted by atomic mass is 9.97. The summed E-state index contributed by atoms with van der Waals surface area (Å²) in [7, 11) is 0. The van der Waals surface area contributed by atoms with E-state index in [-0.39, 0.29) is 12.0 Å². The van der Waals surface area contributed by atoms with E-state index in [1.807, 2.05) is 0 Å². The average molecular weight is 771 g/mol. The van der Waals surface area contributed by atoms with Crippen LogP contribution in [0.2, 0.25) is 0 Å². The summed E-state index contributed by atoms with van der Waals surface area (Å²) < 4.78 is 0. The van der Waals surface area contributed by atoms with Gasteiger partial charge >= 0.3 is 0 Å². The molecule has 0 amide bonds. The summed E-state index contributed by atoms with van der Waals surface area (Å²) in [6.45, 7) is 8.55. The monoisotopic (exact) mass is 770 g/mol. The summed E-state index contributed by atoms with van der Waals surface area (Å²) in [5.74, 6) is 0.230. The number of nitrogens with zero attached hydrogens (tertiary/aromatic N) is 5. The summed E-state index contributed by atoms with van der Waals surface area (Å²) in [5, 5.41) is 6.94. The van der Waals surface area contributed by atoms with E-state index in [0.29, 0.717) is 101 Å². The van der Waals surface area contributed by atoms with E-state index in [1.54, 1.807) is 6.08 Å². The van der Waals surface area contributed by atoms with E-state index < -0.39 is 6.04 Å². The number of fused-ring (bicyclic) bond motifs is 7. The molecule has 0 spiro atoms. The zero-order chi connectivity index (χ0) is 33.8. The smallest absolute Gasteiger partial charge is 0.106 e. The number of anilines is 2. The number of rotatable bonds is 0. The van der Waals surface area contributed by atoms with Crippen molar-refractivity contribution < 1.29 is 0 Å². The summed E-state index contributed by atoms with van der Waals surface area (Å²) in [4.78, 5) is 29.7. The van der Waals surface area contributed by atoms with Crippen LogP contribution in [-0.4, -0.2) is 37.7 Å². The molecule has 0 radical (unpaired) electrons. The number of allylic oxidation sites excluding steroid dienone is 1. The molecule has 0 saturated heterocycles. The van der Waals surface area contributed by atoms with E-state index in [4.69, 9.17) is 106 Å². The number of aliphatic imine (C=N–C) groups is 1. The molecule has 5 aromatic rings. The van der Waals surface area contributed by atoms with Gasteiger partial charge in [0, 0.05) is 26.7 Å². The Morgan fingerprint density at radius 1 is 0.660 bits per heavy atom. The molecule has 0 saturated carbocycles. The second kappa shape index (κ2) is 12.3. The van der Waals surface area contributed by atoms with Crippen molar-refractivity contribution in [3.05, 3.63) is 27.1 Å². The van der Waals surface area contributed by atoms with Crippen LogP contribution in [0.5, 0.6) is 0 Å². The van der Waals surface area contributed by atoms with Crippen LogP contribution in [0, 0.1) is 0 Å². The maximum Gasteiger partial charge on any atom is 0.106 e. The highest BCUT2D eigenvalue weighted by atomic mass is 32.1. The van der Waals surface area contributed by atoms with Crippen molar-refractivity contribution in [1.82, 2.24) is 19.9 Å². The van der Waals surface area contributed by atoms with E-state index >= 15 is 0 Å². The summed E-state index contributed by atoms with van der Waals surface area (Å²) in [6.07, 6.45) is 3.05. The molecule has 16 heteroatoms. The second-order valence-corrected chi connectivity index (χ2v) is 15.3. The van der Waals surface area contributed by atoms with Gasteiger partial charge in [-0.05, 0) is 18.6 Å². The van der Waals surface area contributed by atoms with Gasteiger partial charge < -0.3 is 16.4 Å². The van der Waals surface area contributed by atoms with Crippen molar-refractivity contribution in [2.24, 2.45) is 10.7 Å². The lowest BCUT2D eigenvalue weighted by Gasteiger charge is -2.29. The first-order valence-electron chi connectivity index (χ1n) is 14.7. The van der Waals surface area contributed by atoms with Gasteiger partial charge in [-0.15, -0.1) is 101 Å². The van der Waals surface area contributed by atoms with Gasteiger partial charge in [0.25, 0.3) is 0 Å². The minimum absolute atomic E-state index is 0.223. The lowest BCUT2D eigenvalue weighted by Crippen LogP contribution is -2.30. The van der Waals surface area contributed by atoms with E-state index in [2.05, 4.69) is 63.6 Å². The molecule has 2 aromatic heterocycles. The van der Waals surface area contributed by atoms with Crippen LogP contribution < -0.4 is 16.4 Å². The SMILES string of the molecule is CC1Nc2c(c(S)c3nc4c(S)c5nc6c(S)c7c(c(S)c6nc5c(S)c4nc3c2S)N=C2C(S)=CC(N)C(S)=C2N7)C1C.CCC. The molecule has 0 bridgehead atoms. The molecule has 8 rings (SSSR count). The van der Waals surface area contributed by atoms with Crippen molar-refractivity contribution in [2.45, 2.75) is 81.5 Å². The van der Waals surface area contributed by atoms with Gasteiger partial charge in [-0.3, -0.25) is 0 Å². The van der Waals surface area contributed by atoms with Crippen LogP contribution in [0.25, 0.3) is 44.1 Å². The Hall–Kier alpha value is -1.63. The molecule has 8 nitrogen and oxygen atoms in total. The Labute approximate surface area is 315 Å². The molecule has 1 aliphatic carbocycles. The van der Waals surface area contributed by atoms with Crippen molar-refractivity contribution in [3.63, 3.8) is 0 Å². The maximum atomic E-state index is 6.23. The Kier molecular flexibility index (Phi) is 8.86. The Bertz CT molecular complexity index is 2350. The highest BCUT2D eigenvalue weighted by molar-refractivity contribution is 7.86. The first-order valence-corrected chi connectivity index (χ1v) is 18.3. The van der Waals surface area contributed by atoms with Crippen LogP contribution in [-0.2, 0) is 0 Å². The van der Waals surface area contributed by atoms with E-state index in [9.17, 15) is 0 Å². The Morgan fingerprint density at radius 2 is 1.11 bits per heavy atom. The number of nitrogens with two attached hydrogens (primary N) is 1. The number of nitrogens with one attached hydrogen (secondary N) is 2. The Balaban J connectivity index is 0.00000113. The van der Waals surface area contributed by atoms with Crippen LogP contribution in [0.4, 0.5) is 17.1 Å². The molecule has 3 unspecified atom stereocenters. The van der Waals surface area contributed by atoms with Crippen LogP contribution in [0.15, 0.2) is 55.9 Å². The molecule has 4 N–H and O–H groups in total. The van der Waals surface area contributed by atoms with E-state index in [1.165, 1.54) is 6.42 Å². The van der Waals surface area contributed by atoms with Gasteiger partial charge in [-0.2, -0.15) is 0 Å². The van der Waals surface area contributed by atoms with Gasteiger partial charge in [0.2, 0.25) is 0 Å². The molecular formula is C31H30N8S8. The molecule has 47 heavy (non-hydrogen) atoms. The molecule has 2 aliphatic heterocycles. The molecular weight excluding hydrogens is 741 g/mol. The fourth-order valence-electron chi connectivity index (χ4n) is 6.01. The van der Waals surface area contributed by atoms with Gasteiger partial charge in [0.15, 0.2) is 0 Å². The quantitative estimate of drug-likeness (QED) is 0.0565. The first-order chi connectivity index (χ1) is 22.3. The van der Waals surface area contributed by atoms with Crippen molar-refractivity contribution >= 4 is 168 Å². The fourth-order valence-corrected chi connectivity index (χ4v) is 8.64. The average Bonchev–Trinajstić information content (AvgIpc) is 3.36. The van der Waals surface area contributed by atoms with Gasteiger partial charge in [0.05, 0.1) is 47.6 Å². The topological polar surface area (TPSA) is 114 Å². The van der Waals surface area contributed by atoms with Crippen molar-refractivity contribution in [2.75, 3.05) is 10.6 Å². The van der Waals surface area contributed by atoms with Crippen molar-refractivity contribution in [3.8, 4) is 0 Å². The van der Waals surface area contributed by atoms with Crippen LogP contribution in [0.3, 0.4) is 0 Å². The van der Waals surface area contributed by atoms with Gasteiger partial charge in [-0.25, -0.2) is 24.9 Å². The third-order valence-corrected chi connectivity index (χ3v) is 12.0. The summed E-state index contributed by atoms with van der Waals surface area (Å²) in [6, 6.07) is -0.191. The normalized spacial score (nSPS) is 20.0. The van der Waals surface area contributed by atoms with E-state index in [0.717, 1.165) is 16.1 Å². The van der Waals surface area contributed by atoms with Gasteiger partial charge in [-0.1, -0.05) is 27.2 Å². The van der Waals surface area contributed by atoms with Gasteiger partial charge in [0.1, 0.15) is 55.5 Å². The largest absolute Gasteiger partial charge is 0.381 e. The van der Waals surface area contributed by atoms with Crippen molar-refractivity contribution in [1.29, 1.82) is 0 Å². The predicted octanol–water partition coefficient (Wildman–Crippen LogP) is 8.74.